The van der Waals surface area contributed by atoms with E-state index in [2.05, 4.69) is 48.3 Å². The lowest BCUT2D eigenvalue weighted by Crippen LogP contribution is -2.34. The largest absolute Gasteiger partial charge is 0.372 e. The Hall–Kier alpha value is -1.02. The number of para-hydroxylation sites is 1. The number of rotatable bonds is 7. The van der Waals surface area contributed by atoms with E-state index in [1.165, 1.54) is 49.8 Å². The van der Waals surface area contributed by atoms with Crippen LogP contribution in [0.4, 0.5) is 5.69 Å². The molecule has 1 aromatic carbocycles. The van der Waals surface area contributed by atoms with Gasteiger partial charge in [-0.15, -0.1) is 0 Å². The molecule has 0 radical (unpaired) electrons. The highest BCUT2D eigenvalue weighted by Crippen LogP contribution is 2.19. The Morgan fingerprint density at radius 3 is 2.60 bits per heavy atom. The van der Waals surface area contributed by atoms with Crippen molar-refractivity contribution in [1.29, 1.82) is 0 Å². The molecule has 112 valence electrons. The van der Waals surface area contributed by atoms with Crippen LogP contribution in [-0.2, 0) is 0 Å². The minimum atomic E-state index is 0.789. The summed E-state index contributed by atoms with van der Waals surface area (Å²) in [4.78, 5) is 2.50. The highest BCUT2D eigenvalue weighted by Gasteiger charge is 2.12. The average molecular weight is 274 g/mol. The molecule has 0 atom stereocenters. The molecule has 0 amide bonds. The second kappa shape index (κ2) is 8.31. The van der Waals surface area contributed by atoms with Crippen molar-refractivity contribution in [3.8, 4) is 0 Å². The lowest BCUT2D eigenvalue weighted by molar-refractivity contribution is 0.372. The van der Waals surface area contributed by atoms with E-state index in [4.69, 9.17) is 0 Å². The lowest BCUT2D eigenvalue weighted by Gasteiger charge is -2.26. The standard InChI is InChI=1S/C18H30N2/c1-3-20(18-13-8-7-10-16(18)2)15-9-14-19-17-11-5-4-6-12-17/h7-8,10,13,17,19H,3-6,9,11-12,14-15H2,1-2H3. The number of hydrogen-bond acceptors (Lipinski definition) is 2. The molecule has 2 rings (SSSR count). The van der Waals surface area contributed by atoms with E-state index in [1.807, 2.05) is 0 Å². The number of anilines is 1. The topological polar surface area (TPSA) is 15.3 Å². The first-order valence-corrected chi connectivity index (χ1v) is 8.35. The van der Waals surface area contributed by atoms with Gasteiger partial charge in [0.25, 0.3) is 0 Å². The number of aryl methyl sites for hydroxylation is 1. The van der Waals surface area contributed by atoms with Crippen LogP contribution in [0.2, 0.25) is 0 Å². The van der Waals surface area contributed by atoms with E-state index in [-0.39, 0.29) is 0 Å². The molecule has 0 spiro atoms. The lowest BCUT2D eigenvalue weighted by atomic mass is 9.95. The summed E-state index contributed by atoms with van der Waals surface area (Å²) in [5.41, 5.74) is 2.78. The number of hydrogen-bond donors (Lipinski definition) is 1. The second-order valence-electron chi connectivity index (χ2n) is 6.01. The van der Waals surface area contributed by atoms with Gasteiger partial charge in [0.05, 0.1) is 0 Å². The second-order valence-corrected chi connectivity index (χ2v) is 6.01. The van der Waals surface area contributed by atoms with Gasteiger partial charge in [-0.05, 0) is 51.3 Å². The van der Waals surface area contributed by atoms with Gasteiger partial charge in [-0.3, -0.25) is 0 Å². The first kappa shape index (κ1) is 15.4. The van der Waals surface area contributed by atoms with E-state index in [0.717, 1.165) is 25.7 Å². The molecule has 0 unspecified atom stereocenters. The van der Waals surface area contributed by atoms with Crippen LogP contribution >= 0.6 is 0 Å². The molecule has 1 aromatic rings. The van der Waals surface area contributed by atoms with Crippen LogP contribution in [0.25, 0.3) is 0 Å². The summed E-state index contributed by atoms with van der Waals surface area (Å²) in [6, 6.07) is 9.51. The van der Waals surface area contributed by atoms with Gasteiger partial charge in [0, 0.05) is 24.8 Å². The summed E-state index contributed by atoms with van der Waals surface area (Å²) in [6.45, 7) is 7.86. The summed E-state index contributed by atoms with van der Waals surface area (Å²) in [5.74, 6) is 0. The summed E-state index contributed by atoms with van der Waals surface area (Å²) < 4.78 is 0. The number of nitrogens with zero attached hydrogens (tertiary/aromatic N) is 1. The van der Waals surface area contributed by atoms with Crippen molar-refractivity contribution in [2.75, 3.05) is 24.5 Å². The summed E-state index contributed by atoms with van der Waals surface area (Å²) >= 11 is 0. The third kappa shape index (κ3) is 4.52. The molecule has 0 heterocycles. The Bertz CT molecular complexity index is 383. The molecule has 0 aliphatic heterocycles. The minimum Gasteiger partial charge on any atom is -0.372 e. The Kier molecular flexibility index (Phi) is 6.38. The maximum absolute atomic E-state index is 3.74. The summed E-state index contributed by atoms with van der Waals surface area (Å²) in [5, 5.41) is 3.74. The summed E-state index contributed by atoms with van der Waals surface area (Å²) in [7, 11) is 0. The van der Waals surface area contributed by atoms with Gasteiger partial charge < -0.3 is 10.2 Å². The van der Waals surface area contributed by atoms with Crippen LogP contribution in [0.5, 0.6) is 0 Å². The van der Waals surface area contributed by atoms with Crippen LogP contribution < -0.4 is 10.2 Å². The zero-order valence-electron chi connectivity index (χ0n) is 13.2. The van der Waals surface area contributed by atoms with Crippen molar-refractivity contribution < 1.29 is 0 Å². The Balaban J connectivity index is 1.72. The fourth-order valence-electron chi connectivity index (χ4n) is 3.25. The van der Waals surface area contributed by atoms with Crippen molar-refractivity contribution in [3.63, 3.8) is 0 Å². The predicted octanol–water partition coefficient (Wildman–Crippen LogP) is 4.13. The highest BCUT2D eigenvalue weighted by molar-refractivity contribution is 5.52. The first-order valence-electron chi connectivity index (χ1n) is 8.35. The molecule has 0 saturated heterocycles. The fourth-order valence-corrected chi connectivity index (χ4v) is 3.25. The first-order chi connectivity index (χ1) is 9.81. The smallest absolute Gasteiger partial charge is 0.0395 e. The van der Waals surface area contributed by atoms with Crippen molar-refractivity contribution >= 4 is 5.69 Å². The van der Waals surface area contributed by atoms with Crippen molar-refractivity contribution in [1.82, 2.24) is 5.32 Å². The monoisotopic (exact) mass is 274 g/mol. The number of benzene rings is 1. The van der Waals surface area contributed by atoms with Gasteiger partial charge in [-0.25, -0.2) is 0 Å². The molecule has 1 saturated carbocycles. The van der Waals surface area contributed by atoms with Crippen molar-refractivity contribution in [3.05, 3.63) is 29.8 Å². The molecular formula is C18H30N2. The predicted molar refractivity (Wildman–Crippen MR) is 88.6 cm³/mol. The van der Waals surface area contributed by atoms with Crippen LogP contribution in [0.15, 0.2) is 24.3 Å². The minimum absolute atomic E-state index is 0.789. The van der Waals surface area contributed by atoms with Gasteiger partial charge >= 0.3 is 0 Å². The van der Waals surface area contributed by atoms with E-state index in [0.29, 0.717) is 0 Å². The van der Waals surface area contributed by atoms with Crippen LogP contribution in [0, 0.1) is 6.92 Å². The molecule has 20 heavy (non-hydrogen) atoms. The van der Waals surface area contributed by atoms with Crippen molar-refractivity contribution in [2.45, 2.75) is 58.4 Å². The van der Waals surface area contributed by atoms with Gasteiger partial charge in [-0.1, -0.05) is 37.5 Å². The van der Waals surface area contributed by atoms with Crippen LogP contribution in [0.1, 0.15) is 51.0 Å². The van der Waals surface area contributed by atoms with E-state index in [1.54, 1.807) is 0 Å². The fraction of sp³-hybridized carbons (Fsp3) is 0.667. The molecule has 1 aliphatic carbocycles. The van der Waals surface area contributed by atoms with Crippen LogP contribution in [0.3, 0.4) is 0 Å². The van der Waals surface area contributed by atoms with E-state index in [9.17, 15) is 0 Å². The van der Waals surface area contributed by atoms with E-state index < -0.39 is 0 Å². The van der Waals surface area contributed by atoms with E-state index >= 15 is 0 Å². The Morgan fingerprint density at radius 1 is 1.15 bits per heavy atom. The average Bonchev–Trinajstić information content (AvgIpc) is 2.50. The van der Waals surface area contributed by atoms with Crippen LogP contribution in [-0.4, -0.2) is 25.7 Å². The Labute approximate surface area is 124 Å². The zero-order chi connectivity index (χ0) is 14.2. The molecule has 1 N–H and O–H groups in total. The quantitative estimate of drug-likeness (QED) is 0.752. The number of nitrogens with one attached hydrogen (secondary N) is 1. The normalized spacial score (nSPS) is 16.3. The third-order valence-corrected chi connectivity index (χ3v) is 4.48. The van der Waals surface area contributed by atoms with Crippen molar-refractivity contribution in [2.24, 2.45) is 0 Å². The maximum atomic E-state index is 3.74. The molecular weight excluding hydrogens is 244 g/mol. The summed E-state index contributed by atoms with van der Waals surface area (Å²) in [6.07, 6.45) is 8.28. The Morgan fingerprint density at radius 2 is 1.90 bits per heavy atom. The molecule has 2 nitrogen and oxygen atoms in total. The SMILES string of the molecule is CCN(CCCNC1CCCCC1)c1ccccc1C. The molecule has 1 aliphatic rings. The molecule has 1 fully saturated rings. The van der Waals surface area contributed by atoms with Gasteiger partial charge in [0.2, 0.25) is 0 Å². The van der Waals surface area contributed by atoms with Gasteiger partial charge in [-0.2, -0.15) is 0 Å². The third-order valence-electron chi connectivity index (χ3n) is 4.48. The maximum Gasteiger partial charge on any atom is 0.0395 e. The van der Waals surface area contributed by atoms with Gasteiger partial charge in [0.1, 0.15) is 0 Å². The highest BCUT2D eigenvalue weighted by atomic mass is 15.1. The molecule has 0 aromatic heterocycles. The van der Waals surface area contributed by atoms with Gasteiger partial charge in [0.15, 0.2) is 0 Å². The molecule has 2 heteroatoms. The molecule has 0 bridgehead atoms. The zero-order valence-corrected chi connectivity index (χ0v) is 13.2.